The Morgan fingerprint density at radius 2 is 1.88 bits per heavy atom. The molecule has 3 aromatic rings. The van der Waals surface area contributed by atoms with Gasteiger partial charge in [0.1, 0.15) is 11.5 Å². The maximum atomic E-state index is 13.2. The van der Waals surface area contributed by atoms with E-state index in [9.17, 15) is 19.5 Å². The van der Waals surface area contributed by atoms with Crippen LogP contribution in [0.3, 0.4) is 0 Å². The third-order valence-electron chi connectivity index (χ3n) is 5.29. The van der Waals surface area contributed by atoms with Crippen LogP contribution in [0.25, 0.3) is 5.76 Å². The molecule has 1 saturated heterocycles. The second kappa shape index (κ2) is 8.99. The molecule has 1 fully saturated rings. The number of aliphatic hydroxyl groups is 1. The Morgan fingerprint density at radius 1 is 1.15 bits per heavy atom. The Labute approximate surface area is 195 Å². The molecule has 1 atom stereocenters. The molecular weight excluding hydrogens is 440 g/mol. The third kappa shape index (κ3) is 4.05. The fraction of sp³-hybridized carbons (Fsp3) is 0.200. The minimum Gasteiger partial charge on any atom is -0.507 e. The lowest BCUT2D eigenvalue weighted by Crippen LogP contribution is -2.29. The van der Waals surface area contributed by atoms with Gasteiger partial charge >= 0.3 is 5.91 Å². The number of carbonyl (C=O) groups excluding carboxylic acids is 3. The smallest absolute Gasteiger partial charge is 0.301 e. The van der Waals surface area contributed by atoms with Crippen LogP contribution in [-0.2, 0) is 9.59 Å². The number of nitrogens with zero attached hydrogens (tertiary/aromatic N) is 2. The summed E-state index contributed by atoms with van der Waals surface area (Å²) in [4.78, 5) is 44.5. The van der Waals surface area contributed by atoms with E-state index in [1.807, 2.05) is 6.92 Å². The van der Waals surface area contributed by atoms with E-state index in [0.717, 1.165) is 11.3 Å². The van der Waals surface area contributed by atoms with Crippen molar-refractivity contribution in [2.45, 2.75) is 26.8 Å². The molecule has 7 nitrogen and oxygen atoms in total. The molecule has 0 radical (unpaired) electrons. The fourth-order valence-electron chi connectivity index (χ4n) is 3.85. The van der Waals surface area contributed by atoms with Crippen molar-refractivity contribution in [2.24, 2.45) is 0 Å². The largest absolute Gasteiger partial charge is 0.507 e. The van der Waals surface area contributed by atoms with Crippen molar-refractivity contribution < 1.29 is 24.2 Å². The van der Waals surface area contributed by atoms with Crippen LogP contribution >= 0.6 is 11.3 Å². The summed E-state index contributed by atoms with van der Waals surface area (Å²) in [5, 5.41) is 11.3. The topological polar surface area (TPSA) is 96.8 Å². The molecule has 2 heterocycles. The van der Waals surface area contributed by atoms with Crippen molar-refractivity contribution in [1.29, 1.82) is 0 Å². The average molecular weight is 463 g/mol. The van der Waals surface area contributed by atoms with Gasteiger partial charge in [-0.15, -0.1) is 0 Å². The predicted octanol–water partition coefficient (Wildman–Crippen LogP) is 4.68. The SMILES string of the molecule is CCOc1cccc(C2/C(=C(\O)c3ccccc3)C(=O)C(=O)N2c2nc(C)c(C(C)=O)s2)c1. The maximum Gasteiger partial charge on any atom is 0.301 e. The summed E-state index contributed by atoms with van der Waals surface area (Å²) < 4.78 is 5.61. The monoisotopic (exact) mass is 462 g/mol. The first-order valence-corrected chi connectivity index (χ1v) is 11.2. The zero-order valence-electron chi connectivity index (χ0n) is 18.4. The molecule has 2 aromatic carbocycles. The minimum atomic E-state index is -0.934. The highest BCUT2D eigenvalue weighted by Gasteiger charge is 2.48. The van der Waals surface area contributed by atoms with E-state index < -0.39 is 17.7 Å². The Bertz CT molecular complexity index is 1280. The zero-order chi connectivity index (χ0) is 23.7. The summed E-state index contributed by atoms with van der Waals surface area (Å²) >= 11 is 1.05. The van der Waals surface area contributed by atoms with E-state index in [2.05, 4.69) is 4.98 Å². The van der Waals surface area contributed by atoms with Crippen molar-refractivity contribution in [3.05, 3.63) is 81.9 Å². The lowest BCUT2D eigenvalue weighted by molar-refractivity contribution is -0.132. The second-order valence-electron chi connectivity index (χ2n) is 7.51. The standard InChI is InChI=1S/C25H22N2O5S/c1-4-32-18-12-8-11-17(13-18)20-19(21(29)16-9-6-5-7-10-16)22(30)24(31)27(20)25-26-14(2)23(33-25)15(3)28/h5-13,20,29H,4H2,1-3H3/b21-19+. The van der Waals surface area contributed by atoms with Crippen LogP contribution in [0.4, 0.5) is 5.13 Å². The number of hydrogen-bond acceptors (Lipinski definition) is 7. The summed E-state index contributed by atoms with van der Waals surface area (Å²) in [6.45, 7) is 5.41. The van der Waals surface area contributed by atoms with Crippen molar-refractivity contribution in [3.63, 3.8) is 0 Å². The van der Waals surface area contributed by atoms with Crippen molar-refractivity contribution >= 4 is 39.7 Å². The summed E-state index contributed by atoms with van der Waals surface area (Å²) in [6.07, 6.45) is 0. The van der Waals surface area contributed by atoms with Crippen molar-refractivity contribution in [1.82, 2.24) is 4.98 Å². The van der Waals surface area contributed by atoms with E-state index >= 15 is 0 Å². The molecule has 33 heavy (non-hydrogen) atoms. The van der Waals surface area contributed by atoms with Crippen LogP contribution in [0, 0.1) is 6.92 Å². The van der Waals surface area contributed by atoms with Crippen molar-refractivity contribution in [3.8, 4) is 5.75 Å². The number of anilines is 1. The number of carbonyl (C=O) groups is 3. The molecule has 1 aliphatic rings. The Balaban J connectivity index is 1.95. The van der Waals surface area contributed by atoms with Gasteiger partial charge in [-0.3, -0.25) is 19.3 Å². The van der Waals surface area contributed by atoms with Crippen LogP contribution in [-0.4, -0.2) is 34.2 Å². The Kier molecular flexibility index (Phi) is 6.11. The number of Topliss-reactive ketones (excluding diaryl/α,β-unsaturated/α-hetero) is 2. The molecule has 0 saturated carbocycles. The first kappa shape index (κ1) is 22.4. The van der Waals surface area contributed by atoms with Crippen LogP contribution < -0.4 is 9.64 Å². The van der Waals surface area contributed by atoms with Crippen LogP contribution in [0.15, 0.2) is 60.2 Å². The Morgan fingerprint density at radius 3 is 2.52 bits per heavy atom. The molecule has 0 spiro atoms. The number of hydrogen-bond donors (Lipinski definition) is 1. The summed E-state index contributed by atoms with van der Waals surface area (Å²) in [5.41, 5.74) is 1.43. The molecule has 0 aliphatic carbocycles. The molecule has 1 amide bonds. The maximum absolute atomic E-state index is 13.2. The van der Waals surface area contributed by atoms with E-state index in [4.69, 9.17) is 4.74 Å². The fourth-order valence-corrected chi connectivity index (χ4v) is 4.84. The molecule has 8 heteroatoms. The van der Waals surface area contributed by atoms with Gasteiger partial charge in [-0.1, -0.05) is 53.8 Å². The van der Waals surface area contributed by atoms with Gasteiger partial charge in [0.2, 0.25) is 0 Å². The van der Waals surface area contributed by atoms with Gasteiger partial charge in [-0.2, -0.15) is 0 Å². The molecule has 168 valence electrons. The summed E-state index contributed by atoms with van der Waals surface area (Å²) in [5.74, 6) is -1.51. The molecular formula is C25H22N2O5S. The van der Waals surface area contributed by atoms with E-state index in [-0.39, 0.29) is 22.2 Å². The van der Waals surface area contributed by atoms with Gasteiger partial charge in [0.25, 0.3) is 5.78 Å². The highest BCUT2D eigenvalue weighted by molar-refractivity contribution is 7.18. The first-order chi connectivity index (χ1) is 15.8. The Hall–Kier alpha value is -3.78. The summed E-state index contributed by atoms with van der Waals surface area (Å²) in [6, 6.07) is 14.7. The molecule has 1 unspecified atom stereocenters. The van der Waals surface area contributed by atoms with Crippen LogP contribution in [0.1, 0.15) is 46.4 Å². The van der Waals surface area contributed by atoms with Crippen LogP contribution in [0.2, 0.25) is 0 Å². The minimum absolute atomic E-state index is 0.0444. The number of benzene rings is 2. The zero-order valence-corrected chi connectivity index (χ0v) is 19.2. The predicted molar refractivity (Wildman–Crippen MR) is 126 cm³/mol. The molecule has 1 aromatic heterocycles. The van der Waals surface area contributed by atoms with E-state index in [1.54, 1.807) is 61.5 Å². The molecule has 4 rings (SSSR count). The lowest BCUT2D eigenvalue weighted by atomic mass is 9.95. The van der Waals surface area contributed by atoms with Gasteiger partial charge < -0.3 is 9.84 Å². The van der Waals surface area contributed by atoms with Crippen LogP contribution in [0.5, 0.6) is 5.75 Å². The third-order valence-corrected chi connectivity index (χ3v) is 6.55. The number of ether oxygens (including phenoxy) is 1. The van der Waals surface area contributed by atoms with Gasteiger partial charge in [-0.05, 0) is 31.5 Å². The number of amides is 1. The normalized spacial score (nSPS) is 17.4. The highest BCUT2D eigenvalue weighted by Crippen LogP contribution is 2.44. The number of aryl methyl sites for hydroxylation is 1. The second-order valence-corrected chi connectivity index (χ2v) is 8.49. The molecule has 1 aliphatic heterocycles. The van der Waals surface area contributed by atoms with Gasteiger partial charge in [0.05, 0.1) is 28.8 Å². The molecule has 1 N–H and O–H groups in total. The summed E-state index contributed by atoms with van der Waals surface area (Å²) in [7, 11) is 0. The number of rotatable bonds is 6. The van der Waals surface area contributed by atoms with E-state index in [1.165, 1.54) is 11.8 Å². The number of thiazole rings is 1. The van der Waals surface area contributed by atoms with Gasteiger partial charge in [0, 0.05) is 12.5 Å². The van der Waals surface area contributed by atoms with Crippen molar-refractivity contribution in [2.75, 3.05) is 11.5 Å². The average Bonchev–Trinajstić information content (AvgIpc) is 3.31. The van der Waals surface area contributed by atoms with Gasteiger partial charge in [0.15, 0.2) is 10.9 Å². The highest BCUT2D eigenvalue weighted by atomic mass is 32.1. The molecule has 0 bridgehead atoms. The number of aliphatic hydroxyl groups excluding tert-OH is 1. The first-order valence-electron chi connectivity index (χ1n) is 10.4. The lowest BCUT2D eigenvalue weighted by Gasteiger charge is -2.23. The quantitative estimate of drug-likeness (QED) is 0.247. The number of ketones is 2. The number of aromatic nitrogens is 1. The van der Waals surface area contributed by atoms with E-state index in [0.29, 0.717) is 34.1 Å². The van der Waals surface area contributed by atoms with Gasteiger partial charge in [-0.25, -0.2) is 4.98 Å².